The average Bonchev–Trinajstić information content (AvgIpc) is 2.05. The molecule has 1 rings (SSSR count). The molecule has 1 aromatic rings. The molecule has 0 radical (unpaired) electrons. The molecular weight excluding hydrogens is 178 g/mol. The lowest BCUT2D eigenvalue weighted by Crippen LogP contribution is -2.19. The van der Waals surface area contributed by atoms with Gasteiger partial charge in [-0.05, 0) is 5.19 Å². The maximum atomic E-state index is 11.6. The van der Waals surface area contributed by atoms with Crippen molar-refractivity contribution >= 4 is 14.9 Å². The SMILES string of the molecule is FC(F)CO[SiH2]c1ccccc1. The van der Waals surface area contributed by atoms with Gasteiger partial charge in [-0.15, -0.1) is 0 Å². The number of hydrogen-bond donors (Lipinski definition) is 0. The van der Waals surface area contributed by atoms with Gasteiger partial charge in [-0.1, -0.05) is 30.3 Å². The standard InChI is InChI=1S/C8H10F2OSi/c9-8(10)6-11-12-7-4-2-1-3-5-7/h1-5,8H,6,12H2. The molecule has 0 fully saturated rings. The van der Waals surface area contributed by atoms with Gasteiger partial charge in [0.15, 0.2) is 9.76 Å². The molecule has 1 nitrogen and oxygen atoms in total. The summed E-state index contributed by atoms with van der Waals surface area (Å²) < 4.78 is 28.1. The largest absolute Gasteiger partial charge is 0.413 e. The second kappa shape index (κ2) is 5.00. The number of rotatable bonds is 4. The predicted octanol–water partition coefficient (Wildman–Crippen LogP) is 0.677. The molecular formula is C8H10F2OSi. The predicted molar refractivity (Wildman–Crippen MR) is 46.6 cm³/mol. The maximum absolute atomic E-state index is 11.6. The van der Waals surface area contributed by atoms with E-state index in [1.165, 1.54) is 0 Å². The van der Waals surface area contributed by atoms with E-state index in [9.17, 15) is 8.78 Å². The van der Waals surface area contributed by atoms with Gasteiger partial charge in [-0.3, -0.25) is 0 Å². The highest BCUT2D eigenvalue weighted by Crippen LogP contribution is 1.91. The fraction of sp³-hybridized carbons (Fsp3) is 0.250. The minimum Gasteiger partial charge on any atom is -0.413 e. The highest BCUT2D eigenvalue weighted by Gasteiger charge is 2.01. The van der Waals surface area contributed by atoms with Gasteiger partial charge in [-0.2, -0.15) is 0 Å². The molecule has 0 spiro atoms. The van der Waals surface area contributed by atoms with Crippen molar-refractivity contribution in [3.63, 3.8) is 0 Å². The lowest BCUT2D eigenvalue weighted by atomic mass is 10.4. The first-order valence-electron chi connectivity index (χ1n) is 3.69. The fourth-order valence-electron chi connectivity index (χ4n) is 0.840. The van der Waals surface area contributed by atoms with Crippen LogP contribution in [0.15, 0.2) is 30.3 Å². The second-order valence-corrected chi connectivity index (χ2v) is 3.91. The van der Waals surface area contributed by atoms with E-state index in [-0.39, 0.29) is 0 Å². The van der Waals surface area contributed by atoms with Crippen LogP contribution in [-0.2, 0) is 4.43 Å². The fourth-order valence-corrected chi connectivity index (χ4v) is 1.84. The third-order valence-electron chi connectivity index (χ3n) is 1.36. The van der Waals surface area contributed by atoms with E-state index >= 15 is 0 Å². The zero-order valence-electron chi connectivity index (χ0n) is 6.54. The average molecular weight is 188 g/mol. The van der Waals surface area contributed by atoms with Crippen LogP contribution in [0.4, 0.5) is 8.78 Å². The third kappa shape index (κ3) is 3.59. The van der Waals surface area contributed by atoms with Crippen molar-refractivity contribution in [2.24, 2.45) is 0 Å². The molecule has 0 atom stereocenters. The first kappa shape index (κ1) is 9.35. The number of halogens is 2. The van der Waals surface area contributed by atoms with Gasteiger partial charge in [0, 0.05) is 0 Å². The van der Waals surface area contributed by atoms with Gasteiger partial charge >= 0.3 is 0 Å². The van der Waals surface area contributed by atoms with Crippen molar-refractivity contribution in [1.82, 2.24) is 0 Å². The van der Waals surface area contributed by atoms with Crippen LogP contribution in [0.3, 0.4) is 0 Å². The summed E-state index contributed by atoms with van der Waals surface area (Å²) in [5.74, 6) is 0. The number of alkyl halides is 2. The van der Waals surface area contributed by atoms with E-state index in [0.29, 0.717) is 0 Å². The molecule has 0 aliphatic carbocycles. The van der Waals surface area contributed by atoms with E-state index < -0.39 is 22.8 Å². The van der Waals surface area contributed by atoms with Crippen LogP contribution in [-0.4, -0.2) is 22.8 Å². The third-order valence-corrected chi connectivity index (χ3v) is 2.60. The molecule has 4 heteroatoms. The van der Waals surface area contributed by atoms with Crippen LogP contribution in [0.1, 0.15) is 0 Å². The van der Waals surface area contributed by atoms with Crippen LogP contribution >= 0.6 is 0 Å². The molecule has 1 aromatic carbocycles. The van der Waals surface area contributed by atoms with Gasteiger partial charge in [0.05, 0.1) is 6.61 Å². The molecule has 0 heterocycles. The van der Waals surface area contributed by atoms with Crippen molar-refractivity contribution < 1.29 is 13.2 Å². The Balaban J connectivity index is 2.25. The second-order valence-electron chi connectivity index (χ2n) is 2.39. The Labute approximate surface area is 72.3 Å². The summed E-state index contributed by atoms with van der Waals surface area (Å²) in [6, 6.07) is 9.46. The minimum absolute atomic E-state index is 0.429. The lowest BCUT2D eigenvalue weighted by molar-refractivity contribution is 0.0850. The van der Waals surface area contributed by atoms with E-state index in [0.717, 1.165) is 5.19 Å². The summed E-state index contributed by atoms with van der Waals surface area (Å²) in [6.45, 7) is -0.429. The Morgan fingerprint density at radius 2 is 1.92 bits per heavy atom. The lowest BCUT2D eigenvalue weighted by Gasteiger charge is -2.01. The van der Waals surface area contributed by atoms with Crippen molar-refractivity contribution in [3.8, 4) is 0 Å². The normalized spacial score (nSPS) is 11.6. The highest BCUT2D eigenvalue weighted by molar-refractivity contribution is 6.46. The monoisotopic (exact) mass is 188 g/mol. The summed E-state index contributed by atoms with van der Waals surface area (Å²) >= 11 is 0. The number of benzene rings is 1. The molecule has 66 valence electrons. The highest BCUT2D eigenvalue weighted by atomic mass is 28.2. The van der Waals surface area contributed by atoms with Gasteiger partial charge < -0.3 is 4.43 Å². The van der Waals surface area contributed by atoms with Crippen LogP contribution < -0.4 is 5.19 Å². The Morgan fingerprint density at radius 3 is 2.50 bits per heavy atom. The minimum atomic E-state index is -2.35. The van der Waals surface area contributed by atoms with Gasteiger partial charge in [0.2, 0.25) is 0 Å². The van der Waals surface area contributed by atoms with Crippen LogP contribution in [0.5, 0.6) is 0 Å². The first-order valence-corrected chi connectivity index (χ1v) is 4.97. The van der Waals surface area contributed by atoms with Gasteiger partial charge in [-0.25, -0.2) is 8.78 Å². The van der Waals surface area contributed by atoms with Crippen molar-refractivity contribution in [3.05, 3.63) is 30.3 Å². The van der Waals surface area contributed by atoms with Crippen molar-refractivity contribution in [1.29, 1.82) is 0 Å². The Bertz CT molecular complexity index is 216. The quantitative estimate of drug-likeness (QED) is 0.631. The smallest absolute Gasteiger partial charge is 0.260 e. The molecule has 12 heavy (non-hydrogen) atoms. The van der Waals surface area contributed by atoms with Crippen molar-refractivity contribution in [2.75, 3.05) is 6.61 Å². The summed E-state index contributed by atoms with van der Waals surface area (Å²) in [5, 5.41) is 1.05. The Hall–Kier alpha value is -0.743. The topological polar surface area (TPSA) is 9.23 Å². The molecule has 0 saturated heterocycles. The van der Waals surface area contributed by atoms with E-state index in [1.807, 2.05) is 30.3 Å². The Morgan fingerprint density at radius 1 is 1.25 bits per heavy atom. The summed E-state index contributed by atoms with van der Waals surface area (Å²) in [4.78, 5) is 0. The molecule has 0 aliphatic heterocycles. The zero-order chi connectivity index (χ0) is 8.81. The molecule has 0 N–H and O–H groups in total. The van der Waals surface area contributed by atoms with Crippen LogP contribution in [0.2, 0.25) is 0 Å². The molecule has 0 aliphatic rings. The molecule has 0 saturated carbocycles. The molecule has 0 amide bonds. The van der Waals surface area contributed by atoms with E-state index in [1.54, 1.807) is 0 Å². The summed E-state index contributed by atoms with van der Waals surface area (Å²) in [5.41, 5.74) is 0. The molecule has 0 bridgehead atoms. The van der Waals surface area contributed by atoms with Crippen LogP contribution in [0, 0.1) is 0 Å². The summed E-state index contributed by atoms with van der Waals surface area (Å²) in [6.07, 6.45) is -2.35. The Kier molecular flexibility index (Phi) is 3.89. The molecule has 0 unspecified atom stereocenters. The van der Waals surface area contributed by atoms with Gasteiger partial charge in [0.25, 0.3) is 6.43 Å². The summed E-state index contributed by atoms with van der Waals surface area (Å²) in [7, 11) is -0.934. The van der Waals surface area contributed by atoms with E-state index in [4.69, 9.17) is 4.43 Å². The van der Waals surface area contributed by atoms with Gasteiger partial charge in [0.1, 0.15) is 0 Å². The van der Waals surface area contributed by atoms with Crippen LogP contribution in [0.25, 0.3) is 0 Å². The number of hydrogen-bond acceptors (Lipinski definition) is 1. The maximum Gasteiger partial charge on any atom is 0.260 e. The zero-order valence-corrected chi connectivity index (χ0v) is 7.96. The van der Waals surface area contributed by atoms with E-state index in [2.05, 4.69) is 0 Å². The first-order chi connectivity index (χ1) is 5.79. The van der Waals surface area contributed by atoms with Crippen molar-refractivity contribution in [2.45, 2.75) is 6.43 Å². The molecule has 0 aromatic heterocycles.